The summed E-state index contributed by atoms with van der Waals surface area (Å²) < 4.78 is 20.1. The van der Waals surface area contributed by atoms with Crippen molar-refractivity contribution in [1.82, 2.24) is 0 Å². The molecule has 1 aromatic rings. The summed E-state index contributed by atoms with van der Waals surface area (Å²) in [6.45, 7) is 6.35. The van der Waals surface area contributed by atoms with Crippen molar-refractivity contribution in [3.63, 3.8) is 0 Å². The van der Waals surface area contributed by atoms with Gasteiger partial charge in [-0.2, -0.15) is 0 Å². The first kappa shape index (κ1) is 11.4. The Kier molecular flexibility index (Phi) is 3.45. The summed E-state index contributed by atoms with van der Waals surface area (Å²) in [7, 11) is 0. The molecule has 0 spiro atoms. The van der Waals surface area contributed by atoms with Crippen LogP contribution in [0, 0.1) is 5.41 Å². The summed E-state index contributed by atoms with van der Waals surface area (Å²) in [5.41, 5.74) is 1.09. The Morgan fingerprint density at radius 3 is 2.36 bits per heavy atom. The highest BCUT2D eigenvalue weighted by Gasteiger charge is 2.15. The summed E-state index contributed by atoms with van der Waals surface area (Å²) >= 11 is -1.88. The minimum Gasteiger partial charge on any atom is -0.302 e. The fraction of sp³-hybridized carbons (Fsp3) is 0.455. The normalized spacial score (nSPS) is 14.0. The van der Waals surface area contributed by atoms with Gasteiger partial charge in [0.2, 0.25) is 0 Å². The molecule has 1 aromatic carbocycles. The first-order valence-corrected chi connectivity index (χ1v) is 5.69. The molecule has 1 rings (SSSR count). The molecule has 0 saturated heterocycles. The maximum Gasteiger partial charge on any atom is 0.186 e. The zero-order valence-corrected chi connectivity index (χ0v) is 9.60. The second-order valence-electron chi connectivity index (χ2n) is 4.59. The highest BCUT2D eigenvalue weighted by atomic mass is 32.2. The molecule has 3 heteroatoms. The molecule has 1 N–H and O–H groups in total. The molecule has 0 aliphatic rings. The lowest BCUT2D eigenvalue weighted by molar-refractivity contribution is 0.407. The van der Waals surface area contributed by atoms with Gasteiger partial charge < -0.3 is 4.55 Å². The van der Waals surface area contributed by atoms with Crippen molar-refractivity contribution in [1.29, 1.82) is 0 Å². The third-order valence-corrected chi connectivity index (χ3v) is 2.66. The van der Waals surface area contributed by atoms with Gasteiger partial charge in [0.05, 0.1) is 4.90 Å². The maximum absolute atomic E-state index is 11.0. The third kappa shape index (κ3) is 3.24. The largest absolute Gasteiger partial charge is 0.302 e. The summed E-state index contributed by atoms with van der Waals surface area (Å²) in [6.07, 6.45) is 0.815. The van der Waals surface area contributed by atoms with E-state index in [1.54, 1.807) is 12.1 Å². The van der Waals surface area contributed by atoms with E-state index in [4.69, 9.17) is 4.55 Å². The van der Waals surface area contributed by atoms with Crippen LogP contribution in [0.25, 0.3) is 0 Å². The van der Waals surface area contributed by atoms with E-state index in [-0.39, 0.29) is 5.41 Å². The Bertz CT molecular complexity index is 339. The fourth-order valence-electron chi connectivity index (χ4n) is 1.39. The lowest BCUT2D eigenvalue weighted by atomic mass is 9.88. The second-order valence-corrected chi connectivity index (χ2v) is 5.53. The Hall–Kier alpha value is -0.670. The van der Waals surface area contributed by atoms with Gasteiger partial charge in [0.25, 0.3) is 0 Å². The van der Waals surface area contributed by atoms with Gasteiger partial charge in [0.15, 0.2) is 11.1 Å². The van der Waals surface area contributed by atoms with E-state index in [9.17, 15) is 4.21 Å². The Balaban J connectivity index is 3.02. The molecule has 0 amide bonds. The summed E-state index contributed by atoms with van der Waals surface area (Å²) in [5, 5.41) is 0. The highest BCUT2D eigenvalue weighted by molar-refractivity contribution is 7.79. The summed E-state index contributed by atoms with van der Waals surface area (Å²) in [6, 6.07) is 7.30. The highest BCUT2D eigenvalue weighted by Crippen LogP contribution is 2.24. The standard InChI is InChI=1S/C11H16O2S/c1-11(2,3)8-9-6-4-5-7-10(9)14(12)13/h4-7H,8H2,1-3H3,(H,12,13). The predicted molar refractivity (Wildman–Crippen MR) is 58.6 cm³/mol. The zero-order valence-electron chi connectivity index (χ0n) is 8.78. The Morgan fingerprint density at radius 2 is 1.86 bits per heavy atom. The van der Waals surface area contributed by atoms with E-state index in [1.807, 2.05) is 12.1 Å². The summed E-state index contributed by atoms with van der Waals surface area (Å²) in [4.78, 5) is 0.530. The third-order valence-electron chi connectivity index (χ3n) is 1.88. The molecule has 0 bridgehead atoms. The zero-order chi connectivity index (χ0) is 10.8. The van der Waals surface area contributed by atoms with Crippen LogP contribution >= 0.6 is 0 Å². The molecule has 1 unspecified atom stereocenters. The molecule has 0 radical (unpaired) electrons. The molecule has 78 valence electrons. The van der Waals surface area contributed by atoms with E-state index in [0.717, 1.165) is 12.0 Å². The van der Waals surface area contributed by atoms with E-state index in [1.165, 1.54) is 0 Å². The van der Waals surface area contributed by atoms with Crippen LogP contribution in [0.5, 0.6) is 0 Å². The molecule has 0 heterocycles. The van der Waals surface area contributed by atoms with Crippen LogP contribution in [-0.2, 0) is 17.5 Å². The average Bonchev–Trinajstić information content (AvgIpc) is 2.01. The van der Waals surface area contributed by atoms with Gasteiger partial charge in [-0.1, -0.05) is 39.0 Å². The minimum absolute atomic E-state index is 0.134. The molecular formula is C11H16O2S. The van der Waals surface area contributed by atoms with Gasteiger partial charge in [0.1, 0.15) is 0 Å². The lowest BCUT2D eigenvalue weighted by Gasteiger charge is -2.19. The molecule has 2 nitrogen and oxygen atoms in total. The first-order valence-electron chi connectivity index (χ1n) is 4.59. The Labute approximate surface area is 87.6 Å². The Morgan fingerprint density at radius 1 is 1.29 bits per heavy atom. The number of benzene rings is 1. The molecule has 14 heavy (non-hydrogen) atoms. The maximum atomic E-state index is 11.0. The van der Waals surface area contributed by atoms with Crippen molar-refractivity contribution in [2.45, 2.75) is 32.1 Å². The minimum atomic E-state index is -1.88. The van der Waals surface area contributed by atoms with Crippen molar-refractivity contribution in [2.75, 3.05) is 0 Å². The smallest absolute Gasteiger partial charge is 0.186 e. The van der Waals surface area contributed by atoms with Gasteiger partial charge in [-0.25, -0.2) is 4.21 Å². The van der Waals surface area contributed by atoms with Crippen LogP contribution in [0.4, 0.5) is 0 Å². The molecule has 0 aromatic heterocycles. The van der Waals surface area contributed by atoms with Crippen LogP contribution in [0.2, 0.25) is 0 Å². The molecule has 0 fully saturated rings. The molecule has 1 atom stereocenters. The van der Waals surface area contributed by atoms with E-state index in [0.29, 0.717) is 4.90 Å². The van der Waals surface area contributed by atoms with Crippen molar-refractivity contribution in [2.24, 2.45) is 5.41 Å². The van der Waals surface area contributed by atoms with Crippen molar-refractivity contribution >= 4 is 11.1 Å². The molecule has 0 aliphatic heterocycles. The van der Waals surface area contributed by atoms with E-state index < -0.39 is 11.1 Å². The topological polar surface area (TPSA) is 37.3 Å². The number of hydrogen-bond donors (Lipinski definition) is 1. The van der Waals surface area contributed by atoms with Crippen LogP contribution in [0.1, 0.15) is 26.3 Å². The van der Waals surface area contributed by atoms with Gasteiger partial charge >= 0.3 is 0 Å². The predicted octanol–water partition coefficient (Wildman–Crippen LogP) is 2.86. The first-order chi connectivity index (χ1) is 6.40. The van der Waals surface area contributed by atoms with Gasteiger partial charge in [0, 0.05) is 0 Å². The van der Waals surface area contributed by atoms with Gasteiger partial charge in [-0.05, 0) is 23.5 Å². The van der Waals surface area contributed by atoms with Gasteiger partial charge in [-0.3, -0.25) is 0 Å². The lowest BCUT2D eigenvalue weighted by Crippen LogP contribution is -2.11. The van der Waals surface area contributed by atoms with E-state index >= 15 is 0 Å². The van der Waals surface area contributed by atoms with Crippen LogP contribution in [0.3, 0.4) is 0 Å². The number of hydrogen-bond acceptors (Lipinski definition) is 1. The van der Waals surface area contributed by atoms with Crippen LogP contribution < -0.4 is 0 Å². The van der Waals surface area contributed by atoms with Crippen LogP contribution in [0.15, 0.2) is 29.2 Å². The van der Waals surface area contributed by atoms with E-state index in [2.05, 4.69) is 20.8 Å². The molecule has 0 aliphatic carbocycles. The molecule has 0 saturated carbocycles. The van der Waals surface area contributed by atoms with Crippen molar-refractivity contribution in [3.8, 4) is 0 Å². The van der Waals surface area contributed by atoms with Crippen LogP contribution in [-0.4, -0.2) is 8.76 Å². The number of rotatable bonds is 2. The van der Waals surface area contributed by atoms with Crippen molar-refractivity contribution in [3.05, 3.63) is 29.8 Å². The second kappa shape index (κ2) is 4.24. The monoisotopic (exact) mass is 212 g/mol. The quantitative estimate of drug-likeness (QED) is 0.765. The van der Waals surface area contributed by atoms with Gasteiger partial charge in [-0.15, -0.1) is 0 Å². The summed E-state index contributed by atoms with van der Waals surface area (Å²) in [5.74, 6) is 0. The fourth-order valence-corrected chi connectivity index (χ4v) is 1.95. The average molecular weight is 212 g/mol. The van der Waals surface area contributed by atoms with Crippen molar-refractivity contribution < 1.29 is 8.76 Å². The SMILES string of the molecule is CC(C)(C)Cc1ccccc1S(=O)O. The molecular weight excluding hydrogens is 196 g/mol.